The van der Waals surface area contributed by atoms with Crippen molar-refractivity contribution in [3.05, 3.63) is 109 Å². The van der Waals surface area contributed by atoms with Gasteiger partial charge < -0.3 is 0 Å². The highest BCUT2D eigenvalue weighted by molar-refractivity contribution is 7.23. The lowest BCUT2D eigenvalue weighted by Crippen LogP contribution is -2.62. The molecule has 0 saturated heterocycles. The van der Waals surface area contributed by atoms with E-state index >= 15 is 0 Å². The van der Waals surface area contributed by atoms with Gasteiger partial charge in [-0.1, -0.05) is 110 Å². The Morgan fingerprint density at radius 3 is 1.73 bits per heavy atom. The van der Waals surface area contributed by atoms with Crippen LogP contribution in [0, 0.1) is 0 Å². The van der Waals surface area contributed by atoms with Crippen molar-refractivity contribution >= 4 is 34.6 Å². The molecule has 4 aromatic carbocycles. The van der Waals surface area contributed by atoms with E-state index in [9.17, 15) is 4.79 Å². The predicted octanol–water partition coefficient (Wildman–Crippen LogP) is 4.45. The first-order valence-corrected chi connectivity index (χ1v) is 11.3. The van der Waals surface area contributed by atoms with Gasteiger partial charge in [-0.25, -0.2) is 0 Å². The minimum absolute atomic E-state index is 0.256. The van der Waals surface area contributed by atoms with Gasteiger partial charge >= 0.3 is 0 Å². The van der Waals surface area contributed by atoms with Gasteiger partial charge in [0.1, 0.15) is 0 Å². The maximum atomic E-state index is 13.9. The van der Waals surface area contributed by atoms with E-state index < -0.39 is 8.07 Å². The van der Waals surface area contributed by atoms with Gasteiger partial charge in [-0.15, -0.1) is 0 Å². The maximum absolute atomic E-state index is 13.9. The molecule has 26 heavy (non-hydrogen) atoms. The second kappa shape index (κ2) is 6.73. The van der Waals surface area contributed by atoms with Crippen LogP contribution < -0.4 is 10.4 Å². The number of rotatable bonds is 4. The third kappa shape index (κ3) is 2.69. The van der Waals surface area contributed by atoms with E-state index in [1.807, 2.05) is 66.7 Å². The Morgan fingerprint density at radius 2 is 1.12 bits per heavy atom. The Morgan fingerprint density at radius 1 is 0.615 bits per heavy atom. The van der Waals surface area contributed by atoms with Crippen molar-refractivity contribution in [1.82, 2.24) is 0 Å². The van der Waals surface area contributed by atoms with Gasteiger partial charge in [0.25, 0.3) is 0 Å². The molecule has 2 heteroatoms. The number of hydrogen-bond acceptors (Lipinski definition) is 1. The van der Waals surface area contributed by atoms with Crippen LogP contribution in [0.5, 0.6) is 0 Å². The molecule has 0 spiro atoms. The lowest BCUT2D eigenvalue weighted by atomic mass is 10.1. The predicted molar refractivity (Wildman–Crippen MR) is 112 cm³/mol. The molecule has 0 N–H and O–H groups in total. The van der Waals surface area contributed by atoms with Crippen molar-refractivity contribution in [1.29, 1.82) is 0 Å². The first kappa shape index (κ1) is 16.5. The molecule has 0 aliphatic heterocycles. The SMILES string of the molecule is C[Si](C(=O)c1cccc2ccccc12)(c1ccccc1)c1ccccc1. The topological polar surface area (TPSA) is 17.1 Å². The molecule has 0 heterocycles. The average Bonchev–Trinajstić information content (AvgIpc) is 2.73. The number of hydrogen-bond donors (Lipinski definition) is 0. The Labute approximate surface area is 154 Å². The highest BCUT2D eigenvalue weighted by Gasteiger charge is 2.41. The van der Waals surface area contributed by atoms with Crippen LogP contribution >= 0.6 is 0 Å². The van der Waals surface area contributed by atoms with E-state index in [0.717, 1.165) is 26.7 Å². The zero-order valence-electron chi connectivity index (χ0n) is 14.7. The van der Waals surface area contributed by atoms with Crippen LogP contribution in [0.4, 0.5) is 0 Å². The van der Waals surface area contributed by atoms with E-state index in [2.05, 4.69) is 42.9 Å². The molecule has 126 valence electrons. The van der Waals surface area contributed by atoms with Gasteiger partial charge in [0.05, 0.1) is 0 Å². The fraction of sp³-hybridized carbons (Fsp3) is 0.0417. The largest absolute Gasteiger partial charge is 0.299 e. The number of fused-ring (bicyclic) bond motifs is 1. The first-order valence-electron chi connectivity index (χ1n) is 8.85. The van der Waals surface area contributed by atoms with E-state index in [-0.39, 0.29) is 5.41 Å². The van der Waals surface area contributed by atoms with Gasteiger partial charge in [0.2, 0.25) is 0 Å². The summed E-state index contributed by atoms with van der Waals surface area (Å²) in [6.07, 6.45) is 0. The summed E-state index contributed by atoms with van der Waals surface area (Å²) in [4.78, 5) is 13.9. The quantitative estimate of drug-likeness (QED) is 0.496. The molecule has 0 aliphatic rings. The number of carbonyl (C=O) groups excluding carboxylic acids is 1. The Bertz CT molecular complexity index is 1010. The summed E-state index contributed by atoms with van der Waals surface area (Å²) < 4.78 is 0. The minimum Gasteiger partial charge on any atom is -0.299 e. The second-order valence-electron chi connectivity index (χ2n) is 6.71. The molecule has 0 aliphatic carbocycles. The molecule has 0 aromatic heterocycles. The first-order chi connectivity index (χ1) is 12.7. The molecule has 0 unspecified atom stereocenters. The number of benzene rings is 4. The normalized spacial score (nSPS) is 11.4. The summed E-state index contributed by atoms with van der Waals surface area (Å²) in [6.45, 7) is 2.17. The smallest absolute Gasteiger partial charge is 0.197 e. The van der Waals surface area contributed by atoms with E-state index in [4.69, 9.17) is 0 Å². The molecule has 4 rings (SSSR count). The fourth-order valence-electron chi connectivity index (χ4n) is 3.66. The lowest BCUT2D eigenvalue weighted by Gasteiger charge is -2.27. The fourth-order valence-corrected chi connectivity index (χ4v) is 7.00. The molecule has 1 nitrogen and oxygen atoms in total. The standard InChI is InChI=1S/C24H20OSi/c1-26(20-13-4-2-5-14-20,21-15-6-3-7-16-21)24(25)23-18-10-12-19-11-8-9-17-22(19)23/h2-18H,1H3. The maximum Gasteiger partial charge on any atom is 0.197 e. The lowest BCUT2D eigenvalue weighted by molar-refractivity contribution is 0.107. The van der Waals surface area contributed by atoms with Crippen LogP contribution in [-0.4, -0.2) is 13.5 Å². The van der Waals surface area contributed by atoms with Gasteiger partial charge in [-0.2, -0.15) is 0 Å². The summed E-state index contributed by atoms with van der Waals surface area (Å²) >= 11 is 0. The van der Waals surface area contributed by atoms with E-state index in [1.54, 1.807) is 0 Å². The van der Waals surface area contributed by atoms with Crippen molar-refractivity contribution in [2.24, 2.45) is 0 Å². The number of carbonyl (C=O) groups is 1. The van der Waals surface area contributed by atoms with Crippen LogP contribution in [0.3, 0.4) is 0 Å². The molecule has 0 atom stereocenters. The second-order valence-corrected chi connectivity index (χ2v) is 10.6. The van der Waals surface area contributed by atoms with Crippen molar-refractivity contribution in [3.8, 4) is 0 Å². The molecule has 0 fully saturated rings. The minimum atomic E-state index is -2.60. The van der Waals surface area contributed by atoms with E-state index in [1.165, 1.54) is 0 Å². The molecule has 4 aromatic rings. The molecule has 0 radical (unpaired) electrons. The Kier molecular flexibility index (Phi) is 4.27. The zero-order valence-corrected chi connectivity index (χ0v) is 15.7. The van der Waals surface area contributed by atoms with Gasteiger partial charge in [-0.05, 0) is 21.1 Å². The van der Waals surface area contributed by atoms with Crippen molar-refractivity contribution in [3.63, 3.8) is 0 Å². The Hall–Kier alpha value is -2.97. The van der Waals surface area contributed by atoms with Crippen LogP contribution in [0.2, 0.25) is 6.55 Å². The Balaban J connectivity index is 1.96. The van der Waals surface area contributed by atoms with Crippen LogP contribution in [0.1, 0.15) is 10.4 Å². The third-order valence-corrected chi connectivity index (χ3v) is 9.34. The van der Waals surface area contributed by atoms with E-state index in [0.29, 0.717) is 0 Å². The van der Waals surface area contributed by atoms with Crippen molar-refractivity contribution in [2.45, 2.75) is 6.55 Å². The third-order valence-electron chi connectivity index (χ3n) is 5.19. The summed E-state index contributed by atoms with van der Waals surface area (Å²) in [7, 11) is -2.60. The van der Waals surface area contributed by atoms with Crippen molar-refractivity contribution in [2.75, 3.05) is 0 Å². The van der Waals surface area contributed by atoms with Crippen LogP contribution in [0.25, 0.3) is 10.8 Å². The summed E-state index contributed by atoms with van der Waals surface area (Å²) in [6, 6.07) is 34.7. The molecular formula is C24H20OSi. The van der Waals surface area contributed by atoms with Crippen LogP contribution in [-0.2, 0) is 0 Å². The van der Waals surface area contributed by atoms with Crippen LogP contribution in [0.15, 0.2) is 103 Å². The highest BCUT2D eigenvalue weighted by atomic mass is 28.3. The van der Waals surface area contributed by atoms with Gasteiger partial charge in [0.15, 0.2) is 13.5 Å². The average molecular weight is 353 g/mol. The monoisotopic (exact) mass is 352 g/mol. The molecule has 0 saturated carbocycles. The van der Waals surface area contributed by atoms with Gasteiger partial charge in [0, 0.05) is 5.56 Å². The zero-order chi connectivity index (χ0) is 18.0. The highest BCUT2D eigenvalue weighted by Crippen LogP contribution is 2.22. The molecule has 0 bridgehead atoms. The summed E-state index contributed by atoms with van der Waals surface area (Å²) in [5.41, 5.74) is 0.824. The molecular weight excluding hydrogens is 332 g/mol. The summed E-state index contributed by atoms with van der Waals surface area (Å²) in [5.74, 6) is 0. The van der Waals surface area contributed by atoms with Gasteiger partial charge in [-0.3, -0.25) is 4.79 Å². The molecule has 0 amide bonds. The summed E-state index contributed by atoms with van der Waals surface area (Å²) in [5, 5.41) is 4.68. The van der Waals surface area contributed by atoms with Crippen molar-refractivity contribution < 1.29 is 4.79 Å².